The molecule has 0 amide bonds. The molecule has 1 unspecified atom stereocenters. The van der Waals surface area contributed by atoms with Gasteiger partial charge >= 0.3 is 17.9 Å². The first kappa shape index (κ1) is 65.8. The van der Waals surface area contributed by atoms with Gasteiger partial charge in [-0.1, -0.05) is 248 Å². The van der Waals surface area contributed by atoms with E-state index >= 15 is 0 Å². The third-order valence-electron chi connectivity index (χ3n) is 12.7. The van der Waals surface area contributed by atoms with Crippen LogP contribution in [0, 0.1) is 0 Å². The van der Waals surface area contributed by atoms with Crippen molar-refractivity contribution >= 4 is 17.9 Å². The van der Waals surface area contributed by atoms with Gasteiger partial charge in [-0.2, -0.15) is 0 Å². The van der Waals surface area contributed by atoms with Crippen molar-refractivity contribution in [1.29, 1.82) is 0 Å². The first-order chi connectivity index (χ1) is 34.0. The van der Waals surface area contributed by atoms with Gasteiger partial charge in [-0.25, -0.2) is 0 Å². The van der Waals surface area contributed by atoms with Gasteiger partial charge < -0.3 is 14.2 Å². The molecule has 0 saturated heterocycles. The molecule has 0 aliphatic heterocycles. The van der Waals surface area contributed by atoms with Crippen LogP contribution >= 0.6 is 0 Å². The van der Waals surface area contributed by atoms with Crippen LogP contribution in [-0.2, 0) is 28.6 Å². The minimum atomic E-state index is -0.780. The van der Waals surface area contributed by atoms with E-state index in [4.69, 9.17) is 14.2 Å². The van der Waals surface area contributed by atoms with Crippen molar-refractivity contribution in [2.75, 3.05) is 13.2 Å². The van der Waals surface area contributed by atoms with Crippen molar-refractivity contribution in [2.45, 2.75) is 297 Å². The van der Waals surface area contributed by atoms with Gasteiger partial charge in [0.05, 0.1) is 0 Å². The molecule has 0 aromatic carbocycles. The molecular weight excluding hydrogens is 853 g/mol. The Bertz CT molecular complexity index is 1290. The number of allylic oxidation sites excluding steroid dienone is 12. The summed E-state index contributed by atoms with van der Waals surface area (Å²) in [6.07, 6.45) is 73.6. The van der Waals surface area contributed by atoms with E-state index < -0.39 is 6.10 Å². The second kappa shape index (κ2) is 57.4. The lowest BCUT2D eigenvalue weighted by Crippen LogP contribution is -2.30. The van der Waals surface area contributed by atoms with E-state index in [0.29, 0.717) is 19.3 Å². The standard InChI is InChI=1S/C63H110O6/c1-4-7-10-13-15-17-19-21-23-25-27-29-31-33-35-37-39-41-43-45-47-50-53-56-62(65)68-59-60(58-67-61(64)55-52-49-12-9-6-3)69-63(66)57-54-51-48-46-44-42-40-38-36-34-32-30-28-26-24-22-20-18-16-14-11-8-5-2/h19-22,25-28,31-34,60H,4-18,23-24,29-30,35-59H2,1-3H3/b21-19-,22-20-,27-25-,28-26-,33-31-,34-32-. The Morgan fingerprint density at radius 1 is 0.290 bits per heavy atom. The smallest absolute Gasteiger partial charge is 0.306 e. The van der Waals surface area contributed by atoms with Crippen molar-refractivity contribution in [3.8, 4) is 0 Å². The van der Waals surface area contributed by atoms with Crippen LogP contribution in [0.1, 0.15) is 290 Å². The molecule has 0 bridgehead atoms. The second-order valence-corrected chi connectivity index (χ2v) is 19.6. The molecule has 6 nitrogen and oxygen atoms in total. The summed E-state index contributed by atoms with van der Waals surface area (Å²) in [5.74, 6) is -0.903. The highest BCUT2D eigenvalue weighted by molar-refractivity contribution is 5.71. The largest absolute Gasteiger partial charge is 0.462 e. The van der Waals surface area contributed by atoms with Gasteiger partial charge in [0.2, 0.25) is 0 Å². The molecule has 0 rings (SSSR count). The highest BCUT2D eigenvalue weighted by Gasteiger charge is 2.19. The lowest BCUT2D eigenvalue weighted by molar-refractivity contribution is -0.167. The van der Waals surface area contributed by atoms with Gasteiger partial charge in [0.15, 0.2) is 6.10 Å². The summed E-state index contributed by atoms with van der Waals surface area (Å²) in [5, 5.41) is 0. The molecule has 69 heavy (non-hydrogen) atoms. The van der Waals surface area contributed by atoms with E-state index in [9.17, 15) is 14.4 Å². The topological polar surface area (TPSA) is 78.9 Å². The number of unbranched alkanes of at least 4 members (excludes halogenated alkanes) is 30. The van der Waals surface area contributed by atoms with Crippen LogP contribution in [0.2, 0.25) is 0 Å². The number of rotatable bonds is 53. The quantitative estimate of drug-likeness (QED) is 0.0262. The van der Waals surface area contributed by atoms with Gasteiger partial charge in [0.25, 0.3) is 0 Å². The third kappa shape index (κ3) is 55.6. The molecule has 0 aromatic rings. The van der Waals surface area contributed by atoms with Crippen LogP contribution in [0.4, 0.5) is 0 Å². The lowest BCUT2D eigenvalue weighted by Gasteiger charge is -2.18. The zero-order valence-electron chi connectivity index (χ0n) is 45.6. The normalized spacial score (nSPS) is 12.6. The van der Waals surface area contributed by atoms with Crippen LogP contribution in [0.25, 0.3) is 0 Å². The number of carbonyl (C=O) groups excluding carboxylic acids is 3. The molecule has 0 aliphatic rings. The molecule has 6 heteroatoms. The predicted octanol–water partition coefficient (Wildman–Crippen LogP) is 19.8. The third-order valence-corrected chi connectivity index (χ3v) is 12.7. The lowest BCUT2D eigenvalue weighted by atomic mass is 10.1. The summed E-state index contributed by atoms with van der Waals surface area (Å²) < 4.78 is 16.7. The Morgan fingerprint density at radius 2 is 0.522 bits per heavy atom. The molecule has 0 saturated carbocycles. The van der Waals surface area contributed by atoms with Crippen molar-refractivity contribution in [1.82, 2.24) is 0 Å². The summed E-state index contributed by atoms with van der Waals surface area (Å²) >= 11 is 0. The number of hydrogen-bond acceptors (Lipinski definition) is 6. The van der Waals surface area contributed by atoms with E-state index in [-0.39, 0.29) is 31.1 Å². The fourth-order valence-electron chi connectivity index (χ4n) is 8.22. The Balaban J connectivity index is 4.13. The van der Waals surface area contributed by atoms with Crippen LogP contribution in [0.15, 0.2) is 72.9 Å². The fourth-order valence-corrected chi connectivity index (χ4v) is 8.22. The number of ether oxygens (including phenoxy) is 3. The van der Waals surface area contributed by atoms with E-state index in [2.05, 4.69) is 93.7 Å². The molecule has 0 heterocycles. The van der Waals surface area contributed by atoms with Gasteiger partial charge in [-0.15, -0.1) is 0 Å². The molecule has 0 N–H and O–H groups in total. The van der Waals surface area contributed by atoms with Crippen molar-refractivity contribution in [3.63, 3.8) is 0 Å². The summed E-state index contributed by atoms with van der Waals surface area (Å²) in [7, 11) is 0. The highest BCUT2D eigenvalue weighted by Crippen LogP contribution is 2.15. The highest BCUT2D eigenvalue weighted by atomic mass is 16.6. The molecule has 1 atom stereocenters. The summed E-state index contributed by atoms with van der Waals surface area (Å²) in [4.78, 5) is 37.8. The Hall–Kier alpha value is -3.15. The number of hydrogen-bond donors (Lipinski definition) is 0. The minimum Gasteiger partial charge on any atom is -0.462 e. The molecule has 0 aromatic heterocycles. The Kier molecular flexibility index (Phi) is 54.8. The number of carbonyl (C=O) groups is 3. The van der Waals surface area contributed by atoms with Gasteiger partial charge in [0, 0.05) is 19.3 Å². The molecule has 0 fully saturated rings. The van der Waals surface area contributed by atoms with Gasteiger partial charge in [-0.05, 0) is 96.3 Å². The van der Waals surface area contributed by atoms with E-state index in [1.807, 2.05) is 0 Å². The molecule has 0 spiro atoms. The first-order valence-corrected chi connectivity index (χ1v) is 29.4. The van der Waals surface area contributed by atoms with Gasteiger partial charge in [0.1, 0.15) is 13.2 Å². The molecule has 0 aliphatic carbocycles. The fraction of sp³-hybridized carbons (Fsp3) is 0.762. The van der Waals surface area contributed by atoms with E-state index in [1.54, 1.807) is 0 Å². The summed E-state index contributed by atoms with van der Waals surface area (Å²) in [5.41, 5.74) is 0. The summed E-state index contributed by atoms with van der Waals surface area (Å²) in [6, 6.07) is 0. The zero-order chi connectivity index (χ0) is 50.0. The maximum atomic E-state index is 12.8. The SMILES string of the molecule is CCCCCCC/C=C\C/C=C\C/C=C\CCCCCCCCCCC(=O)OCC(COC(=O)CCCCCCC)OC(=O)CCCCCCCCCC/C=C\C/C=C\C/C=C\CCCCCCC. The molecule has 398 valence electrons. The molecular formula is C63H110O6. The van der Waals surface area contributed by atoms with Crippen LogP contribution in [-0.4, -0.2) is 37.2 Å². The minimum absolute atomic E-state index is 0.0814. The van der Waals surface area contributed by atoms with Crippen LogP contribution in [0.3, 0.4) is 0 Å². The van der Waals surface area contributed by atoms with Crippen LogP contribution in [0.5, 0.6) is 0 Å². The predicted molar refractivity (Wildman–Crippen MR) is 298 cm³/mol. The van der Waals surface area contributed by atoms with E-state index in [1.165, 1.54) is 148 Å². The van der Waals surface area contributed by atoms with Gasteiger partial charge in [-0.3, -0.25) is 14.4 Å². The summed E-state index contributed by atoms with van der Waals surface area (Å²) in [6.45, 7) is 6.54. The van der Waals surface area contributed by atoms with Crippen LogP contribution < -0.4 is 0 Å². The number of esters is 3. The zero-order valence-corrected chi connectivity index (χ0v) is 45.6. The molecule has 0 radical (unpaired) electrons. The second-order valence-electron chi connectivity index (χ2n) is 19.6. The Labute approximate surface area is 427 Å². The first-order valence-electron chi connectivity index (χ1n) is 29.4. The Morgan fingerprint density at radius 3 is 0.812 bits per heavy atom. The van der Waals surface area contributed by atoms with Crippen molar-refractivity contribution < 1.29 is 28.6 Å². The van der Waals surface area contributed by atoms with E-state index in [0.717, 1.165) is 103 Å². The average molecular weight is 964 g/mol. The van der Waals surface area contributed by atoms with Crippen molar-refractivity contribution in [3.05, 3.63) is 72.9 Å². The monoisotopic (exact) mass is 963 g/mol. The van der Waals surface area contributed by atoms with Crippen molar-refractivity contribution in [2.24, 2.45) is 0 Å². The maximum absolute atomic E-state index is 12.8. The maximum Gasteiger partial charge on any atom is 0.306 e. The average Bonchev–Trinajstić information content (AvgIpc) is 3.35.